The number of nitrogens with one attached hydrogen (secondary N) is 2. The second-order valence-electron chi connectivity index (χ2n) is 12.7. The van der Waals surface area contributed by atoms with Crippen LogP contribution in [-0.2, 0) is 4.74 Å². The molecule has 2 aromatic carbocycles. The lowest BCUT2D eigenvalue weighted by Crippen LogP contribution is -2.47. The van der Waals surface area contributed by atoms with E-state index < -0.39 is 0 Å². The van der Waals surface area contributed by atoms with E-state index in [1.165, 1.54) is 0 Å². The summed E-state index contributed by atoms with van der Waals surface area (Å²) in [4.78, 5) is 51.4. The molecule has 0 saturated carbocycles. The van der Waals surface area contributed by atoms with Gasteiger partial charge >= 0.3 is 6.03 Å². The van der Waals surface area contributed by atoms with Crippen molar-refractivity contribution in [1.29, 1.82) is 0 Å². The highest BCUT2D eigenvalue weighted by atomic mass is 16.5. The van der Waals surface area contributed by atoms with Gasteiger partial charge in [0, 0.05) is 94.0 Å². The number of amides is 3. The van der Waals surface area contributed by atoms with Crippen LogP contribution in [0.15, 0.2) is 48.5 Å². The topological polar surface area (TPSA) is 122 Å². The Hall–Kier alpha value is -4.33. The van der Waals surface area contributed by atoms with Crippen molar-refractivity contribution in [2.75, 3.05) is 106 Å². The van der Waals surface area contributed by atoms with Crippen molar-refractivity contribution >= 4 is 35.2 Å². The normalized spacial score (nSPS) is 18.3. The number of piperazine rings is 1. The van der Waals surface area contributed by atoms with Crippen LogP contribution in [0, 0.1) is 0 Å². The van der Waals surface area contributed by atoms with Crippen LogP contribution in [-0.4, -0.2) is 133 Å². The monoisotopic (exact) mass is 642 g/mol. The number of nitrogens with zero attached hydrogens (tertiary/aromatic N) is 8. The fourth-order valence-corrected chi connectivity index (χ4v) is 6.07. The Morgan fingerprint density at radius 1 is 0.702 bits per heavy atom. The van der Waals surface area contributed by atoms with E-state index in [9.17, 15) is 9.59 Å². The van der Waals surface area contributed by atoms with Crippen LogP contribution in [0.3, 0.4) is 0 Å². The molecule has 4 heterocycles. The zero-order valence-corrected chi connectivity index (χ0v) is 27.7. The number of rotatable bonds is 7. The van der Waals surface area contributed by atoms with Gasteiger partial charge in [0.05, 0.1) is 13.2 Å². The van der Waals surface area contributed by atoms with Gasteiger partial charge in [-0.05, 0) is 75.8 Å². The molecule has 3 aromatic rings. The number of likely N-dealkylation sites (N-methyl/N-ethyl adjacent to an activating group) is 1. The molecular formula is C34H46N10O3. The van der Waals surface area contributed by atoms with Gasteiger partial charge in [-0.2, -0.15) is 15.0 Å². The van der Waals surface area contributed by atoms with Crippen molar-refractivity contribution in [3.63, 3.8) is 0 Å². The van der Waals surface area contributed by atoms with Crippen LogP contribution in [0.25, 0.3) is 11.4 Å². The Bertz CT molecular complexity index is 1500. The maximum Gasteiger partial charge on any atom is 0.323 e. The minimum absolute atomic E-state index is 0.0146. The zero-order valence-electron chi connectivity index (χ0n) is 27.7. The lowest BCUT2D eigenvalue weighted by Gasteiger charge is -2.32. The van der Waals surface area contributed by atoms with Gasteiger partial charge in [-0.1, -0.05) is 0 Å². The van der Waals surface area contributed by atoms with Crippen molar-refractivity contribution in [3.8, 4) is 11.4 Å². The highest BCUT2D eigenvalue weighted by Crippen LogP contribution is 2.25. The molecule has 13 nitrogen and oxygen atoms in total. The van der Waals surface area contributed by atoms with E-state index >= 15 is 0 Å². The number of carbonyl (C=O) groups excluding carboxylic acids is 2. The maximum absolute atomic E-state index is 12.8. The van der Waals surface area contributed by atoms with Gasteiger partial charge in [0.25, 0.3) is 5.91 Å². The number of carbonyl (C=O) groups is 2. The molecule has 250 valence electrons. The van der Waals surface area contributed by atoms with Crippen molar-refractivity contribution < 1.29 is 14.3 Å². The van der Waals surface area contributed by atoms with E-state index in [1.54, 1.807) is 24.3 Å². The summed E-state index contributed by atoms with van der Waals surface area (Å²) in [7, 11) is 2.06. The molecule has 3 saturated heterocycles. The summed E-state index contributed by atoms with van der Waals surface area (Å²) < 4.78 is 5.57. The molecule has 3 aliphatic rings. The number of urea groups is 1. The average molecular weight is 643 g/mol. The molecule has 0 aliphatic carbocycles. The van der Waals surface area contributed by atoms with Crippen LogP contribution >= 0.6 is 0 Å². The van der Waals surface area contributed by atoms with E-state index in [-0.39, 0.29) is 11.9 Å². The summed E-state index contributed by atoms with van der Waals surface area (Å²) in [6.45, 7) is 14.2. The number of anilines is 4. The second-order valence-corrected chi connectivity index (χ2v) is 12.7. The molecule has 47 heavy (non-hydrogen) atoms. The maximum atomic E-state index is 12.8. The number of ether oxygens (including phenoxy) is 1. The highest BCUT2D eigenvalue weighted by molar-refractivity contribution is 6.00. The van der Waals surface area contributed by atoms with Gasteiger partial charge in [0.15, 0.2) is 5.82 Å². The third-order valence-corrected chi connectivity index (χ3v) is 9.03. The molecule has 6 rings (SSSR count). The van der Waals surface area contributed by atoms with Crippen molar-refractivity contribution in [3.05, 3.63) is 54.1 Å². The van der Waals surface area contributed by atoms with Gasteiger partial charge in [0.2, 0.25) is 11.9 Å². The Morgan fingerprint density at radius 3 is 1.91 bits per heavy atom. The van der Waals surface area contributed by atoms with Gasteiger partial charge < -0.3 is 35.0 Å². The second kappa shape index (κ2) is 15.1. The van der Waals surface area contributed by atoms with E-state index in [4.69, 9.17) is 19.7 Å². The van der Waals surface area contributed by atoms with Gasteiger partial charge in [-0.15, -0.1) is 0 Å². The van der Waals surface area contributed by atoms with Gasteiger partial charge in [-0.3, -0.25) is 9.69 Å². The Kier molecular flexibility index (Phi) is 10.4. The summed E-state index contributed by atoms with van der Waals surface area (Å²) in [5, 5.41) is 5.74. The zero-order chi connectivity index (χ0) is 32.8. The van der Waals surface area contributed by atoms with Crippen LogP contribution in [0.4, 0.5) is 28.1 Å². The summed E-state index contributed by atoms with van der Waals surface area (Å²) in [5.41, 5.74) is 2.70. The number of benzene rings is 2. The Balaban J connectivity index is 1.11. The van der Waals surface area contributed by atoms with E-state index in [1.807, 2.05) is 29.2 Å². The summed E-state index contributed by atoms with van der Waals surface area (Å²) in [6, 6.07) is 14.7. The summed E-state index contributed by atoms with van der Waals surface area (Å²) in [5.74, 6) is 1.97. The van der Waals surface area contributed by atoms with Crippen molar-refractivity contribution in [2.24, 2.45) is 0 Å². The minimum atomic E-state index is -0.371. The lowest BCUT2D eigenvalue weighted by atomic mass is 10.1. The molecule has 0 radical (unpaired) electrons. The first kappa shape index (κ1) is 32.6. The Labute approximate surface area is 276 Å². The van der Waals surface area contributed by atoms with Crippen LogP contribution in [0.2, 0.25) is 0 Å². The summed E-state index contributed by atoms with van der Waals surface area (Å²) >= 11 is 0. The first-order chi connectivity index (χ1) is 22.8. The average Bonchev–Trinajstić information content (AvgIpc) is 3.36. The largest absolute Gasteiger partial charge is 0.378 e. The third kappa shape index (κ3) is 8.34. The van der Waals surface area contributed by atoms with Gasteiger partial charge in [0.1, 0.15) is 0 Å². The van der Waals surface area contributed by atoms with Crippen molar-refractivity contribution in [1.82, 2.24) is 29.7 Å². The molecule has 0 unspecified atom stereocenters. The number of aromatic nitrogens is 3. The molecule has 2 N–H and O–H groups in total. The SMILES string of the molecule is CC(C)N1CCCN(c2nc(-c3ccc(NC(=O)Nc4ccc(C(=O)N5CCN(C)CC5)cc4)cc3)nc(N3CCOCC3)n2)CC1. The predicted octanol–water partition coefficient (Wildman–Crippen LogP) is 3.33. The van der Waals surface area contributed by atoms with E-state index in [2.05, 4.69) is 51.1 Å². The fourth-order valence-electron chi connectivity index (χ4n) is 6.07. The third-order valence-electron chi connectivity index (χ3n) is 9.03. The Morgan fingerprint density at radius 2 is 1.30 bits per heavy atom. The molecular weight excluding hydrogens is 596 g/mol. The molecule has 3 aliphatic heterocycles. The lowest BCUT2D eigenvalue weighted by molar-refractivity contribution is 0.0664. The molecule has 1 aromatic heterocycles. The molecule has 13 heteroatoms. The minimum Gasteiger partial charge on any atom is -0.378 e. The van der Waals surface area contributed by atoms with E-state index in [0.29, 0.717) is 53.9 Å². The highest BCUT2D eigenvalue weighted by Gasteiger charge is 2.23. The number of hydrogen-bond acceptors (Lipinski definition) is 10. The predicted molar refractivity (Wildman–Crippen MR) is 184 cm³/mol. The molecule has 3 fully saturated rings. The van der Waals surface area contributed by atoms with Crippen LogP contribution < -0.4 is 20.4 Å². The summed E-state index contributed by atoms with van der Waals surface area (Å²) in [6.07, 6.45) is 1.05. The molecule has 3 amide bonds. The standard InChI is InChI=1S/C34H46N10O3/c1-25(2)41-13-4-14-43(20-19-41)32-37-30(38-33(39-32)44-21-23-47-24-22-44)26-5-9-28(10-6-26)35-34(46)36-29-11-7-27(8-12-29)31(45)42-17-15-40(3)16-18-42/h5-12,25H,4,13-24H2,1-3H3,(H2,35,36,46). The number of hydrogen-bond donors (Lipinski definition) is 2. The van der Waals surface area contributed by atoms with Crippen LogP contribution in [0.1, 0.15) is 30.6 Å². The van der Waals surface area contributed by atoms with Crippen LogP contribution in [0.5, 0.6) is 0 Å². The van der Waals surface area contributed by atoms with Crippen molar-refractivity contribution in [2.45, 2.75) is 26.3 Å². The molecule has 0 bridgehead atoms. The quantitative estimate of drug-likeness (QED) is 0.397. The smallest absolute Gasteiger partial charge is 0.323 e. The van der Waals surface area contributed by atoms with Gasteiger partial charge in [-0.25, -0.2) is 4.79 Å². The number of morpholine rings is 1. The van der Waals surface area contributed by atoms with E-state index in [0.717, 1.165) is 77.4 Å². The first-order valence-electron chi connectivity index (χ1n) is 16.7. The molecule has 0 atom stereocenters. The molecule has 0 spiro atoms. The first-order valence-corrected chi connectivity index (χ1v) is 16.7. The fraction of sp³-hybridized carbons (Fsp3) is 0.500.